The Labute approximate surface area is 175 Å². The van der Waals surface area contributed by atoms with E-state index in [1.165, 1.54) is 11.8 Å². The number of carbonyl (C=O) groups is 2. The van der Waals surface area contributed by atoms with Gasteiger partial charge in [0, 0.05) is 10.6 Å². The van der Waals surface area contributed by atoms with Crippen LogP contribution in [-0.4, -0.2) is 18.5 Å². The Balaban J connectivity index is 1.64. The zero-order chi connectivity index (χ0) is 20.6. The quantitative estimate of drug-likeness (QED) is 0.427. The number of carbonyl (C=O) groups excluding carboxylic acids is 2. The number of thioether (sulfide) groups is 1. The molecule has 0 saturated heterocycles. The number of benzene rings is 3. The molecule has 0 fully saturated rings. The SMILES string of the molecule is Cc1ccc(NC(=O)COC(=O)[C@H](Sc2ccccc2)c2ccccc2)cc1C. The summed E-state index contributed by atoms with van der Waals surface area (Å²) in [5.41, 5.74) is 3.76. The van der Waals surface area contributed by atoms with Crippen molar-refractivity contribution in [2.24, 2.45) is 0 Å². The monoisotopic (exact) mass is 405 g/mol. The third-order valence-electron chi connectivity index (χ3n) is 4.45. The van der Waals surface area contributed by atoms with Crippen LogP contribution in [0.2, 0.25) is 0 Å². The van der Waals surface area contributed by atoms with E-state index in [1.807, 2.05) is 92.7 Å². The number of anilines is 1. The molecule has 1 N–H and O–H groups in total. The molecule has 0 aliphatic carbocycles. The van der Waals surface area contributed by atoms with Crippen molar-refractivity contribution in [3.63, 3.8) is 0 Å². The highest BCUT2D eigenvalue weighted by Crippen LogP contribution is 2.36. The normalized spacial score (nSPS) is 11.5. The number of rotatable bonds is 7. The Bertz CT molecular complexity index is 974. The molecule has 0 heterocycles. The average molecular weight is 406 g/mol. The Morgan fingerprint density at radius 2 is 1.55 bits per heavy atom. The molecule has 0 bridgehead atoms. The second-order valence-electron chi connectivity index (χ2n) is 6.68. The van der Waals surface area contributed by atoms with Gasteiger partial charge in [0.1, 0.15) is 5.25 Å². The van der Waals surface area contributed by atoms with Crippen molar-refractivity contribution in [3.05, 3.63) is 95.6 Å². The first kappa shape index (κ1) is 20.7. The van der Waals surface area contributed by atoms with Gasteiger partial charge in [-0.05, 0) is 54.8 Å². The number of hydrogen-bond donors (Lipinski definition) is 1. The predicted octanol–water partition coefficient (Wildman–Crippen LogP) is 5.32. The molecule has 0 unspecified atom stereocenters. The summed E-state index contributed by atoms with van der Waals surface area (Å²) in [4.78, 5) is 26.0. The van der Waals surface area contributed by atoms with E-state index in [1.54, 1.807) is 0 Å². The summed E-state index contributed by atoms with van der Waals surface area (Å²) < 4.78 is 5.35. The molecule has 3 aromatic rings. The minimum Gasteiger partial charge on any atom is -0.454 e. The first-order valence-corrected chi connectivity index (χ1v) is 10.2. The molecule has 3 aromatic carbocycles. The van der Waals surface area contributed by atoms with E-state index in [9.17, 15) is 9.59 Å². The molecule has 148 valence electrons. The molecule has 0 saturated carbocycles. The van der Waals surface area contributed by atoms with Gasteiger partial charge in [-0.2, -0.15) is 0 Å². The minimum absolute atomic E-state index is 0.329. The van der Waals surface area contributed by atoms with E-state index >= 15 is 0 Å². The number of esters is 1. The number of aryl methyl sites for hydroxylation is 2. The van der Waals surface area contributed by atoms with Gasteiger partial charge in [-0.15, -0.1) is 11.8 Å². The smallest absolute Gasteiger partial charge is 0.324 e. The first-order valence-electron chi connectivity index (χ1n) is 9.33. The molecular formula is C24H23NO3S. The zero-order valence-corrected chi connectivity index (χ0v) is 17.2. The van der Waals surface area contributed by atoms with Crippen LogP contribution in [0, 0.1) is 13.8 Å². The lowest BCUT2D eigenvalue weighted by Crippen LogP contribution is -2.23. The third-order valence-corrected chi connectivity index (χ3v) is 5.69. The molecule has 0 aliphatic heterocycles. The van der Waals surface area contributed by atoms with Crippen molar-refractivity contribution in [1.82, 2.24) is 0 Å². The summed E-state index contributed by atoms with van der Waals surface area (Å²) >= 11 is 1.40. The Kier molecular flexibility index (Phi) is 7.09. The van der Waals surface area contributed by atoms with E-state index in [-0.39, 0.29) is 12.5 Å². The largest absolute Gasteiger partial charge is 0.454 e. The van der Waals surface area contributed by atoms with Crippen LogP contribution >= 0.6 is 11.8 Å². The second kappa shape index (κ2) is 9.94. The summed E-state index contributed by atoms with van der Waals surface area (Å²) in [7, 11) is 0. The van der Waals surface area contributed by atoms with E-state index in [0.717, 1.165) is 21.6 Å². The van der Waals surface area contributed by atoms with Crippen molar-refractivity contribution < 1.29 is 14.3 Å². The average Bonchev–Trinajstić information content (AvgIpc) is 2.74. The van der Waals surface area contributed by atoms with Gasteiger partial charge in [0.2, 0.25) is 0 Å². The van der Waals surface area contributed by atoms with Crippen molar-refractivity contribution in [3.8, 4) is 0 Å². The van der Waals surface area contributed by atoms with Gasteiger partial charge in [-0.25, -0.2) is 0 Å². The van der Waals surface area contributed by atoms with Crippen LogP contribution in [0.4, 0.5) is 5.69 Å². The lowest BCUT2D eigenvalue weighted by Gasteiger charge is -2.16. The van der Waals surface area contributed by atoms with Crippen molar-refractivity contribution in [1.29, 1.82) is 0 Å². The van der Waals surface area contributed by atoms with Crippen LogP contribution in [-0.2, 0) is 14.3 Å². The first-order chi connectivity index (χ1) is 14.0. The maximum atomic E-state index is 12.8. The van der Waals surface area contributed by atoms with Gasteiger partial charge in [-0.3, -0.25) is 9.59 Å². The van der Waals surface area contributed by atoms with Crippen LogP contribution in [0.1, 0.15) is 21.9 Å². The summed E-state index contributed by atoms with van der Waals surface area (Å²) in [5, 5.41) is 2.22. The fraction of sp³-hybridized carbons (Fsp3) is 0.167. The lowest BCUT2D eigenvalue weighted by molar-refractivity contribution is -0.146. The molecule has 5 heteroatoms. The van der Waals surface area contributed by atoms with Gasteiger partial charge >= 0.3 is 5.97 Å². The van der Waals surface area contributed by atoms with Crippen LogP contribution in [0.15, 0.2) is 83.8 Å². The summed E-state index contributed by atoms with van der Waals surface area (Å²) in [6.07, 6.45) is 0. The molecular weight excluding hydrogens is 382 g/mol. The molecule has 1 amide bonds. The Hall–Kier alpha value is -3.05. The Morgan fingerprint density at radius 3 is 2.21 bits per heavy atom. The molecule has 0 spiro atoms. The van der Waals surface area contributed by atoms with Gasteiger partial charge in [-0.1, -0.05) is 54.6 Å². The van der Waals surface area contributed by atoms with E-state index < -0.39 is 11.2 Å². The molecule has 29 heavy (non-hydrogen) atoms. The highest BCUT2D eigenvalue weighted by Gasteiger charge is 2.24. The maximum Gasteiger partial charge on any atom is 0.324 e. The van der Waals surface area contributed by atoms with Gasteiger partial charge in [0.15, 0.2) is 6.61 Å². The van der Waals surface area contributed by atoms with Gasteiger partial charge in [0.05, 0.1) is 0 Å². The van der Waals surface area contributed by atoms with Crippen molar-refractivity contribution in [2.75, 3.05) is 11.9 Å². The lowest BCUT2D eigenvalue weighted by atomic mass is 10.1. The fourth-order valence-electron chi connectivity index (χ4n) is 2.74. The second-order valence-corrected chi connectivity index (χ2v) is 7.86. The molecule has 3 rings (SSSR count). The zero-order valence-electron chi connectivity index (χ0n) is 16.4. The predicted molar refractivity (Wildman–Crippen MR) is 117 cm³/mol. The molecule has 0 aromatic heterocycles. The topological polar surface area (TPSA) is 55.4 Å². The van der Waals surface area contributed by atoms with Crippen LogP contribution in [0.25, 0.3) is 0 Å². The van der Waals surface area contributed by atoms with E-state index in [2.05, 4.69) is 5.32 Å². The highest BCUT2D eigenvalue weighted by molar-refractivity contribution is 8.00. The van der Waals surface area contributed by atoms with Gasteiger partial charge < -0.3 is 10.1 Å². The highest BCUT2D eigenvalue weighted by atomic mass is 32.2. The molecule has 4 nitrogen and oxygen atoms in total. The standard InChI is InChI=1S/C24H23NO3S/c1-17-13-14-20(15-18(17)2)25-22(26)16-28-24(27)23(19-9-5-3-6-10-19)29-21-11-7-4-8-12-21/h3-15,23H,16H2,1-2H3,(H,25,26)/t23-/m1/s1. The van der Waals surface area contributed by atoms with Crippen molar-refractivity contribution >= 4 is 29.3 Å². The number of amides is 1. The van der Waals surface area contributed by atoms with Gasteiger partial charge in [0.25, 0.3) is 5.91 Å². The van der Waals surface area contributed by atoms with Crippen LogP contribution in [0.3, 0.4) is 0 Å². The minimum atomic E-state index is -0.548. The maximum absolute atomic E-state index is 12.8. The molecule has 0 aliphatic rings. The third kappa shape index (κ3) is 5.96. The molecule has 1 atom stereocenters. The summed E-state index contributed by atoms with van der Waals surface area (Å²) in [6.45, 7) is 3.66. The van der Waals surface area contributed by atoms with E-state index in [4.69, 9.17) is 4.74 Å². The number of nitrogens with one attached hydrogen (secondary N) is 1. The van der Waals surface area contributed by atoms with Crippen molar-refractivity contribution in [2.45, 2.75) is 24.0 Å². The number of ether oxygens (including phenoxy) is 1. The summed E-state index contributed by atoms with van der Waals surface area (Å²) in [5.74, 6) is -0.807. The Morgan fingerprint density at radius 1 is 0.897 bits per heavy atom. The molecule has 0 radical (unpaired) electrons. The van der Waals surface area contributed by atoms with Crippen LogP contribution in [0.5, 0.6) is 0 Å². The van der Waals surface area contributed by atoms with Crippen LogP contribution < -0.4 is 5.32 Å². The van der Waals surface area contributed by atoms with E-state index in [0.29, 0.717) is 5.69 Å². The number of hydrogen-bond acceptors (Lipinski definition) is 4. The summed E-state index contributed by atoms with van der Waals surface area (Å²) in [6, 6.07) is 24.8. The fourth-order valence-corrected chi connectivity index (χ4v) is 3.79.